The maximum atomic E-state index is 5.48. The van der Waals surface area contributed by atoms with E-state index in [0.29, 0.717) is 11.3 Å². The Bertz CT molecular complexity index is 407. The summed E-state index contributed by atoms with van der Waals surface area (Å²) in [5.74, 6) is 3.05. The van der Waals surface area contributed by atoms with E-state index in [2.05, 4.69) is 17.4 Å². The Labute approximate surface area is 107 Å². The summed E-state index contributed by atoms with van der Waals surface area (Å²) in [6.45, 7) is 2.04. The van der Waals surface area contributed by atoms with E-state index in [4.69, 9.17) is 9.47 Å². The van der Waals surface area contributed by atoms with Crippen LogP contribution >= 0.6 is 11.8 Å². The molecule has 1 saturated heterocycles. The Kier molecular flexibility index (Phi) is 3.84. The third kappa shape index (κ3) is 2.24. The standard InChI is InChI=1S/C13H19NO2S/c1-8-5-12(16-4)9(6-11(8)15-3)13-10(14-2)7-17-13/h5-6,10,13-14H,7H2,1-4H3. The van der Waals surface area contributed by atoms with Gasteiger partial charge in [-0.3, -0.25) is 0 Å². The molecule has 1 heterocycles. The van der Waals surface area contributed by atoms with Gasteiger partial charge in [0.2, 0.25) is 0 Å². The molecule has 0 saturated carbocycles. The monoisotopic (exact) mass is 253 g/mol. The van der Waals surface area contributed by atoms with E-state index in [1.54, 1.807) is 14.2 Å². The van der Waals surface area contributed by atoms with Gasteiger partial charge in [0.05, 0.1) is 14.2 Å². The van der Waals surface area contributed by atoms with Crippen molar-refractivity contribution in [1.29, 1.82) is 0 Å². The van der Waals surface area contributed by atoms with Crippen LogP contribution in [0.5, 0.6) is 11.5 Å². The number of ether oxygens (including phenoxy) is 2. The minimum absolute atomic E-state index is 0.462. The van der Waals surface area contributed by atoms with Gasteiger partial charge in [-0.25, -0.2) is 0 Å². The Morgan fingerprint density at radius 3 is 2.41 bits per heavy atom. The molecule has 0 aromatic heterocycles. The van der Waals surface area contributed by atoms with Crippen molar-refractivity contribution < 1.29 is 9.47 Å². The Balaban J connectivity index is 2.37. The van der Waals surface area contributed by atoms with Crippen LogP contribution in [0, 0.1) is 6.92 Å². The zero-order chi connectivity index (χ0) is 12.4. The van der Waals surface area contributed by atoms with E-state index in [1.165, 1.54) is 5.56 Å². The summed E-state index contributed by atoms with van der Waals surface area (Å²) in [4.78, 5) is 0. The van der Waals surface area contributed by atoms with Gasteiger partial charge >= 0.3 is 0 Å². The summed E-state index contributed by atoms with van der Waals surface area (Å²) in [7, 11) is 5.44. The third-order valence-corrected chi connectivity index (χ3v) is 4.74. The molecule has 0 radical (unpaired) electrons. The smallest absolute Gasteiger partial charge is 0.123 e. The molecule has 2 atom stereocenters. The molecule has 0 amide bonds. The van der Waals surface area contributed by atoms with Crippen molar-refractivity contribution in [3.63, 3.8) is 0 Å². The van der Waals surface area contributed by atoms with Crippen LogP contribution in [-0.2, 0) is 0 Å². The Morgan fingerprint density at radius 2 is 1.94 bits per heavy atom. The van der Waals surface area contributed by atoms with Crippen molar-refractivity contribution in [3.8, 4) is 11.5 Å². The zero-order valence-electron chi connectivity index (χ0n) is 10.7. The topological polar surface area (TPSA) is 30.5 Å². The van der Waals surface area contributed by atoms with E-state index < -0.39 is 0 Å². The number of benzene rings is 1. The molecular weight excluding hydrogens is 234 g/mol. The SMILES string of the molecule is CNC1CSC1c1cc(OC)c(C)cc1OC. The summed E-state index contributed by atoms with van der Waals surface area (Å²) < 4.78 is 10.9. The second kappa shape index (κ2) is 5.19. The number of thioether (sulfide) groups is 1. The van der Waals surface area contributed by atoms with Crippen LogP contribution in [0.4, 0.5) is 0 Å². The lowest BCUT2D eigenvalue weighted by molar-refractivity contribution is 0.392. The number of hydrogen-bond donors (Lipinski definition) is 1. The minimum Gasteiger partial charge on any atom is -0.496 e. The number of rotatable bonds is 4. The first-order chi connectivity index (χ1) is 8.21. The van der Waals surface area contributed by atoms with Crippen LogP contribution in [0.15, 0.2) is 12.1 Å². The number of aryl methyl sites for hydroxylation is 1. The fourth-order valence-electron chi connectivity index (χ4n) is 2.13. The number of nitrogens with one attached hydrogen (secondary N) is 1. The molecule has 2 unspecified atom stereocenters. The summed E-state index contributed by atoms with van der Waals surface area (Å²) in [6, 6.07) is 4.69. The predicted octanol–water partition coefficient (Wildman–Crippen LogP) is 2.39. The quantitative estimate of drug-likeness (QED) is 0.892. The number of likely N-dealkylation sites (N-methyl/N-ethyl adjacent to an activating group) is 1. The van der Waals surface area contributed by atoms with Crippen LogP contribution in [0.3, 0.4) is 0 Å². The molecule has 1 fully saturated rings. The molecule has 0 bridgehead atoms. The van der Waals surface area contributed by atoms with Gasteiger partial charge in [-0.15, -0.1) is 0 Å². The Morgan fingerprint density at radius 1 is 1.24 bits per heavy atom. The summed E-state index contributed by atoms with van der Waals surface area (Å²) in [6.07, 6.45) is 0. The van der Waals surface area contributed by atoms with Gasteiger partial charge in [0.15, 0.2) is 0 Å². The highest BCUT2D eigenvalue weighted by molar-refractivity contribution is 8.01. The fourth-order valence-corrected chi connectivity index (χ4v) is 3.37. The maximum absolute atomic E-state index is 5.48. The molecule has 1 aromatic rings. The molecule has 3 nitrogen and oxygen atoms in total. The van der Waals surface area contributed by atoms with E-state index in [9.17, 15) is 0 Å². The van der Waals surface area contributed by atoms with Crippen molar-refractivity contribution in [3.05, 3.63) is 23.3 Å². The van der Waals surface area contributed by atoms with E-state index in [-0.39, 0.29) is 0 Å². The van der Waals surface area contributed by atoms with Crippen molar-refractivity contribution in [2.24, 2.45) is 0 Å². The van der Waals surface area contributed by atoms with Gasteiger partial charge in [-0.05, 0) is 31.7 Å². The number of hydrogen-bond acceptors (Lipinski definition) is 4. The van der Waals surface area contributed by atoms with Crippen LogP contribution < -0.4 is 14.8 Å². The predicted molar refractivity (Wildman–Crippen MR) is 72.3 cm³/mol. The Hall–Kier alpha value is -0.870. The molecular formula is C13H19NO2S. The summed E-state index contributed by atoms with van der Waals surface area (Å²) >= 11 is 1.95. The molecule has 4 heteroatoms. The van der Waals surface area contributed by atoms with E-state index in [1.807, 2.05) is 25.7 Å². The van der Waals surface area contributed by atoms with Crippen molar-refractivity contribution in [2.75, 3.05) is 27.0 Å². The van der Waals surface area contributed by atoms with Gasteiger partial charge in [0.1, 0.15) is 11.5 Å². The normalized spacial score (nSPS) is 23.1. The molecule has 0 aliphatic carbocycles. The van der Waals surface area contributed by atoms with Crippen LogP contribution in [0.1, 0.15) is 16.4 Å². The first kappa shape index (κ1) is 12.6. The maximum Gasteiger partial charge on any atom is 0.123 e. The molecule has 2 rings (SSSR count). The van der Waals surface area contributed by atoms with Gasteiger partial charge in [-0.2, -0.15) is 11.8 Å². The highest BCUT2D eigenvalue weighted by Crippen LogP contribution is 2.47. The van der Waals surface area contributed by atoms with Gasteiger partial charge < -0.3 is 14.8 Å². The fraction of sp³-hybridized carbons (Fsp3) is 0.538. The highest BCUT2D eigenvalue weighted by atomic mass is 32.2. The van der Waals surface area contributed by atoms with Crippen molar-refractivity contribution >= 4 is 11.8 Å². The van der Waals surface area contributed by atoms with Gasteiger partial charge in [-0.1, -0.05) is 0 Å². The lowest BCUT2D eigenvalue weighted by Gasteiger charge is -2.37. The van der Waals surface area contributed by atoms with Gasteiger partial charge in [0.25, 0.3) is 0 Å². The molecule has 94 valence electrons. The second-order valence-corrected chi connectivity index (χ2v) is 5.39. The zero-order valence-corrected chi connectivity index (χ0v) is 11.6. The van der Waals surface area contributed by atoms with E-state index >= 15 is 0 Å². The van der Waals surface area contributed by atoms with Crippen LogP contribution in [0.2, 0.25) is 0 Å². The largest absolute Gasteiger partial charge is 0.496 e. The molecule has 1 N–H and O–H groups in total. The lowest BCUT2D eigenvalue weighted by atomic mass is 10.0. The minimum atomic E-state index is 0.462. The highest BCUT2D eigenvalue weighted by Gasteiger charge is 2.34. The van der Waals surface area contributed by atoms with Crippen molar-refractivity contribution in [2.45, 2.75) is 18.2 Å². The molecule has 17 heavy (non-hydrogen) atoms. The van der Waals surface area contributed by atoms with E-state index in [0.717, 1.165) is 22.8 Å². The first-order valence-corrected chi connectivity index (χ1v) is 6.77. The molecule has 1 aliphatic heterocycles. The van der Waals surface area contributed by atoms with Gasteiger partial charge in [0, 0.05) is 22.6 Å². The summed E-state index contributed by atoms with van der Waals surface area (Å²) in [5, 5.41) is 3.80. The van der Waals surface area contributed by atoms with Crippen molar-refractivity contribution in [1.82, 2.24) is 5.32 Å². The lowest BCUT2D eigenvalue weighted by Crippen LogP contribution is -2.40. The first-order valence-electron chi connectivity index (χ1n) is 5.72. The molecule has 1 aromatic carbocycles. The third-order valence-electron chi connectivity index (χ3n) is 3.25. The average Bonchev–Trinajstić information content (AvgIpc) is 2.30. The van der Waals surface area contributed by atoms with Crippen LogP contribution in [-0.4, -0.2) is 33.1 Å². The molecule has 1 aliphatic rings. The van der Waals surface area contributed by atoms with Crippen LogP contribution in [0.25, 0.3) is 0 Å². The number of methoxy groups -OCH3 is 2. The average molecular weight is 253 g/mol. The second-order valence-electron chi connectivity index (χ2n) is 4.21. The summed E-state index contributed by atoms with van der Waals surface area (Å²) in [5.41, 5.74) is 2.34. The molecule has 0 spiro atoms.